The van der Waals surface area contributed by atoms with Gasteiger partial charge in [-0.15, -0.1) is 0 Å². The summed E-state index contributed by atoms with van der Waals surface area (Å²) in [4.78, 5) is 22.5. The molecule has 0 radical (unpaired) electrons. The molecule has 26 heavy (non-hydrogen) atoms. The summed E-state index contributed by atoms with van der Waals surface area (Å²) in [6.07, 6.45) is -0.651. The first-order chi connectivity index (χ1) is 12.2. The molecule has 0 spiro atoms. The molecule has 0 saturated carbocycles. The lowest BCUT2D eigenvalue weighted by Gasteiger charge is -2.32. The number of urea groups is 1. The molecule has 1 fully saturated rings. The lowest BCUT2D eigenvalue weighted by molar-refractivity contribution is -0.0651. The van der Waals surface area contributed by atoms with Crippen molar-refractivity contribution in [3.63, 3.8) is 0 Å². The van der Waals surface area contributed by atoms with E-state index < -0.39 is 45.0 Å². The zero-order valence-corrected chi connectivity index (χ0v) is 14.9. The second kappa shape index (κ2) is 8.42. The number of phosphoric ester groups is 1. The average Bonchev–Trinajstić information content (AvgIpc) is 2.88. The van der Waals surface area contributed by atoms with Crippen LogP contribution in [0.15, 0.2) is 36.2 Å². The van der Waals surface area contributed by atoms with Gasteiger partial charge in [0.1, 0.15) is 18.3 Å². The summed E-state index contributed by atoms with van der Waals surface area (Å²) < 4.78 is 25.7. The van der Waals surface area contributed by atoms with Crippen molar-refractivity contribution in [3.05, 3.63) is 36.2 Å². The van der Waals surface area contributed by atoms with Gasteiger partial charge in [-0.1, -0.05) is 18.7 Å². The molecule has 0 aromatic carbocycles. The van der Waals surface area contributed by atoms with Crippen molar-refractivity contribution in [3.8, 4) is 0 Å². The fraction of sp³-hybridized carbons (Fsp3) is 0.500. The Morgan fingerprint density at radius 1 is 1.50 bits per heavy atom. The van der Waals surface area contributed by atoms with Crippen molar-refractivity contribution in [2.24, 2.45) is 5.73 Å². The second-order valence-corrected chi connectivity index (χ2v) is 7.09. The minimum atomic E-state index is -4.28. The van der Waals surface area contributed by atoms with Crippen molar-refractivity contribution in [2.45, 2.75) is 24.5 Å². The number of phosphoric acid groups is 1. The van der Waals surface area contributed by atoms with Gasteiger partial charge in [0.25, 0.3) is 0 Å². The highest BCUT2D eigenvalue weighted by atomic mass is 31.2. The average molecular weight is 391 g/mol. The number of hydrogen-bond acceptors (Lipinski definition) is 8. The Hall–Kier alpha value is -1.56. The molecule has 3 unspecified atom stereocenters. The minimum Gasteiger partial charge on any atom is -0.387 e. The Morgan fingerprint density at radius 3 is 2.81 bits per heavy atom. The van der Waals surface area contributed by atoms with E-state index in [0.29, 0.717) is 11.3 Å². The monoisotopic (exact) mass is 391 g/mol. The Morgan fingerprint density at radius 2 is 2.19 bits per heavy atom. The maximum Gasteiger partial charge on any atom is 0.472 e. The number of nitrogens with two attached hydrogens (primary N) is 1. The van der Waals surface area contributed by atoms with Crippen LogP contribution in [0.2, 0.25) is 0 Å². The maximum absolute atomic E-state index is 12.2. The summed E-state index contributed by atoms with van der Waals surface area (Å²) in [5, 5.41) is 22.8. The first-order valence-electron chi connectivity index (χ1n) is 7.62. The van der Waals surface area contributed by atoms with Crippen LogP contribution in [-0.4, -0.2) is 70.8 Å². The number of aliphatic hydroxyl groups is 2. The number of ether oxygens (including phenoxy) is 1. The van der Waals surface area contributed by atoms with Crippen LogP contribution in [0.25, 0.3) is 0 Å². The number of carbonyl (C=O) groups is 1. The van der Waals surface area contributed by atoms with E-state index >= 15 is 0 Å². The predicted molar refractivity (Wildman–Crippen MR) is 89.2 cm³/mol. The first kappa shape index (κ1) is 20.7. The van der Waals surface area contributed by atoms with E-state index in [9.17, 15) is 24.5 Å². The van der Waals surface area contributed by atoms with Crippen LogP contribution < -0.4 is 11.1 Å². The van der Waals surface area contributed by atoms with Crippen LogP contribution in [0.3, 0.4) is 0 Å². The normalized spacial score (nSPS) is 31.9. The summed E-state index contributed by atoms with van der Waals surface area (Å²) in [5.74, 6) is 0. The van der Waals surface area contributed by atoms with Crippen LogP contribution in [0, 0.1) is 0 Å². The number of carbonyl (C=O) groups excluding carboxylic acids is 1. The SMILES string of the molecule is C=C1NC(=O)N([C@@H]2O[C@H](COP(=O)(O)OC)C(O)C2O)C=C1/C=C/CN. The number of nitrogens with one attached hydrogen (secondary N) is 1. The highest BCUT2D eigenvalue weighted by Gasteiger charge is 2.48. The molecular weight excluding hydrogens is 369 g/mol. The minimum absolute atomic E-state index is 0.278. The van der Waals surface area contributed by atoms with Crippen molar-refractivity contribution in [2.75, 3.05) is 20.3 Å². The van der Waals surface area contributed by atoms with Gasteiger partial charge in [0, 0.05) is 31.1 Å². The van der Waals surface area contributed by atoms with Crippen LogP contribution in [0.4, 0.5) is 4.79 Å². The number of amides is 2. The van der Waals surface area contributed by atoms with Gasteiger partial charge in [-0.25, -0.2) is 9.36 Å². The second-order valence-electron chi connectivity index (χ2n) is 5.53. The summed E-state index contributed by atoms with van der Waals surface area (Å²) in [6, 6.07) is -0.623. The van der Waals surface area contributed by atoms with E-state index in [0.717, 1.165) is 12.0 Å². The third-order valence-corrected chi connectivity index (χ3v) is 4.73. The van der Waals surface area contributed by atoms with Gasteiger partial charge in [0.05, 0.1) is 6.61 Å². The van der Waals surface area contributed by atoms with Gasteiger partial charge < -0.3 is 30.9 Å². The third kappa shape index (κ3) is 4.58. The molecule has 2 rings (SSSR count). The Labute approximate surface area is 149 Å². The molecule has 11 nitrogen and oxygen atoms in total. The molecule has 5 atom stereocenters. The summed E-state index contributed by atoms with van der Waals surface area (Å²) in [5.41, 5.74) is 6.27. The summed E-state index contributed by atoms with van der Waals surface area (Å²) in [6.45, 7) is 3.46. The van der Waals surface area contributed by atoms with Crippen LogP contribution in [-0.2, 0) is 18.3 Å². The van der Waals surface area contributed by atoms with Gasteiger partial charge in [-0.05, 0) is 0 Å². The zero-order valence-electron chi connectivity index (χ0n) is 14.0. The number of rotatable bonds is 7. The van der Waals surface area contributed by atoms with Crippen molar-refractivity contribution >= 4 is 13.9 Å². The van der Waals surface area contributed by atoms with E-state index in [1.807, 2.05) is 0 Å². The third-order valence-electron chi connectivity index (χ3n) is 3.80. The van der Waals surface area contributed by atoms with E-state index in [-0.39, 0.29) is 6.54 Å². The number of nitrogens with zero attached hydrogens (tertiary/aromatic N) is 1. The molecule has 146 valence electrons. The standard InChI is InChI=1S/C14H22N3O8P/c1-8-9(4-3-5-15)6-17(14(20)16-8)13-12(19)11(18)10(25-13)7-24-26(21,22)23-2/h3-4,6,10-13,18-19H,1,5,7,15H2,2H3,(H,16,20)(H,21,22)/b4-3+/t10-,11?,12?,13-/m1/s1. The van der Waals surface area contributed by atoms with Gasteiger partial charge in [-0.2, -0.15) is 0 Å². The number of aliphatic hydroxyl groups excluding tert-OH is 2. The topological polar surface area (TPSA) is 164 Å². The molecule has 0 aliphatic carbocycles. The van der Waals surface area contributed by atoms with Gasteiger partial charge in [0.2, 0.25) is 0 Å². The molecule has 2 aliphatic heterocycles. The van der Waals surface area contributed by atoms with Gasteiger partial charge >= 0.3 is 13.9 Å². The van der Waals surface area contributed by atoms with E-state index in [1.165, 1.54) is 6.20 Å². The molecule has 2 amide bonds. The molecule has 12 heteroatoms. The first-order valence-corrected chi connectivity index (χ1v) is 9.11. The largest absolute Gasteiger partial charge is 0.472 e. The molecule has 1 saturated heterocycles. The van der Waals surface area contributed by atoms with E-state index in [1.54, 1.807) is 12.2 Å². The maximum atomic E-state index is 12.2. The fourth-order valence-corrected chi connectivity index (χ4v) is 2.84. The number of hydrogen-bond donors (Lipinski definition) is 5. The summed E-state index contributed by atoms with van der Waals surface area (Å²) >= 11 is 0. The van der Waals surface area contributed by atoms with Crippen LogP contribution in [0.5, 0.6) is 0 Å². The Bertz CT molecular complexity index is 667. The van der Waals surface area contributed by atoms with Crippen molar-refractivity contribution in [1.82, 2.24) is 10.2 Å². The van der Waals surface area contributed by atoms with Crippen molar-refractivity contribution < 1.29 is 38.3 Å². The molecule has 0 aromatic rings. The molecule has 0 aromatic heterocycles. The zero-order chi connectivity index (χ0) is 19.5. The molecule has 2 aliphatic rings. The fourth-order valence-electron chi connectivity index (χ4n) is 2.40. The Balaban J connectivity index is 2.15. The lowest BCUT2D eigenvalue weighted by Crippen LogP contribution is -2.50. The number of allylic oxidation sites excluding steroid dienone is 1. The lowest BCUT2D eigenvalue weighted by atomic mass is 10.1. The molecule has 2 heterocycles. The predicted octanol–water partition coefficient (Wildman–Crippen LogP) is -0.866. The quantitative estimate of drug-likeness (QED) is 0.347. The van der Waals surface area contributed by atoms with E-state index in [4.69, 9.17) is 10.5 Å². The molecule has 6 N–H and O–H groups in total. The highest BCUT2D eigenvalue weighted by molar-refractivity contribution is 7.47. The van der Waals surface area contributed by atoms with Crippen molar-refractivity contribution in [1.29, 1.82) is 0 Å². The highest BCUT2D eigenvalue weighted by Crippen LogP contribution is 2.42. The smallest absolute Gasteiger partial charge is 0.387 e. The summed E-state index contributed by atoms with van der Waals surface area (Å²) in [7, 11) is -3.29. The molecule has 0 bridgehead atoms. The van der Waals surface area contributed by atoms with E-state index in [2.05, 4.69) is 20.9 Å². The molecular formula is C14H22N3O8P. The van der Waals surface area contributed by atoms with Crippen LogP contribution >= 0.6 is 7.82 Å². The van der Waals surface area contributed by atoms with Gasteiger partial charge in [0.15, 0.2) is 6.23 Å². The van der Waals surface area contributed by atoms with Gasteiger partial charge in [-0.3, -0.25) is 13.9 Å². The Kier molecular flexibility index (Phi) is 6.72. The van der Waals surface area contributed by atoms with Crippen LogP contribution in [0.1, 0.15) is 0 Å².